The third-order valence-corrected chi connectivity index (χ3v) is 4.65. The number of hydrogen-bond acceptors (Lipinski definition) is 3. The van der Waals surface area contributed by atoms with Crippen LogP contribution in [0.15, 0.2) is 65.6 Å². The molecule has 4 aromatic rings. The molecule has 4 nitrogen and oxygen atoms in total. The maximum absolute atomic E-state index is 10.8. The Labute approximate surface area is 160 Å². The molecule has 0 radical (unpaired) electrons. The van der Waals surface area contributed by atoms with Crippen molar-refractivity contribution in [2.24, 2.45) is 0 Å². The first-order valence-corrected chi connectivity index (χ1v) is 8.46. The van der Waals surface area contributed by atoms with E-state index in [-0.39, 0.29) is 25.3 Å². The fraction of sp³-hybridized carbons (Fsp3) is 0.0526. The number of rotatable bonds is 4. The van der Waals surface area contributed by atoms with E-state index in [2.05, 4.69) is 40.0 Å². The summed E-state index contributed by atoms with van der Waals surface area (Å²) in [6.45, 7) is 0. The van der Waals surface area contributed by atoms with Crippen LogP contribution in [-0.4, -0.2) is 39.5 Å². The Balaban J connectivity index is 0.00000182. The zero-order valence-electron chi connectivity index (χ0n) is 12.7. The van der Waals surface area contributed by atoms with Crippen molar-refractivity contribution in [3.63, 3.8) is 0 Å². The molecule has 0 unspecified atom stereocenters. The van der Waals surface area contributed by atoms with Crippen LogP contribution in [0.25, 0.3) is 27.8 Å². The van der Waals surface area contributed by atoms with Gasteiger partial charge in [0.05, 0.1) is 17.5 Å². The van der Waals surface area contributed by atoms with Crippen molar-refractivity contribution >= 4 is 47.2 Å². The van der Waals surface area contributed by atoms with Gasteiger partial charge in [0, 0.05) is 5.69 Å². The number of fused-ring (bicyclic) bond motifs is 1. The first-order valence-electron chi connectivity index (χ1n) is 7.51. The molecule has 0 bridgehead atoms. The predicted molar refractivity (Wildman–Crippen MR) is 103 cm³/mol. The molecule has 1 N–H and O–H groups in total. The topological polar surface area (TPSA) is 55.1 Å². The van der Waals surface area contributed by atoms with E-state index in [0.29, 0.717) is 0 Å². The summed E-state index contributed by atoms with van der Waals surface area (Å²) < 4.78 is 2.01. The zero-order valence-corrected chi connectivity index (χ0v) is 13.5. The molecule has 120 valence electrons. The molecule has 25 heavy (non-hydrogen) atoms. The van der Waals surface area contributed by atoms with Gasteiger partial charge >= 0.3 is 24.8 Å². The summed E-state index contributed by atoms with van der Waals surface area (Å²) in [7, 11) is 0. The molecule has 0 fully saturated rings. The molecule has 0 aliphatic rings. The van der Waals surface area contributed by atoms with Crippen LogP contribution in [-0.2, 0) is 11.2 Å². The predicted octanol–water partition coefficient (Wildman–Crippen LogP) is 3.73. The number of aliphatic carboxylic acids is 1. The monoisotopic (exact) mass is 342 g/mol. The summed E-state index contributed by atoms with van der Waals surface area (Å²) >= 11 is 1.68. The minimum absolute atomic E-state index is 0. The SMILES string of the molecule is O=C(O)Cc1ccc(-n2cnc3cc(-c4ccsc4)ccc32)cc1.[LiH]. The number of carboxylic acids is 1. The average Bonchev–Trinajstić information content (AvgIpc) is 3.24. The van der Waals surface area contributed by atoms with Crippen molar-refractivity contribution in [2.45, 2.75) is 6.42 Å². The van der Waals surface area contributed by atoms with Crippen LogP contribution in [0.1, 0.15) is 5.56 Å². The van der Waals surface area contributed by atoms with Crippen LogP contribution in [0.5, 0.6) is 0 Å². The van der Waals surface area contributed by atoms with Gasteiger partial charge in [-0.2, -0.15) is 11.3 Å². The molecule has 4 rings (SSSR count). The van der Waals surface area contributed by atoms with Crippen LogP contribution in [0, 0.1) is 0 Å². The van der Waals surface area contributed by atoms with Gasteiger partial charge in [0.1, 0.15) is 6.33 Å². The second kappa shape index (κ2) is 7.28. The third-order valence-electron chi connectivity index (χ3n) is 3.97. The minimum atomic E-state index is -0.822. The van der Waals surface area contributed by atoms with Gasteiger partial charge in [0.15, 0.2) is 0 Å². The summed E-state index contributed by atoms with van der Waals surface area (Å²) in [5.41, 5.74) is 6.08. The van der Waals surface area contributed by atoms with Gasteiger partial charge < -0.3 is 5.11 Å². The van der Waals surface area contributed by atoms with Gasteiger partial charge in [-0.3, -0.25) is 9.36 Å². The van der Waals surface area contributed by atoms with Gasteiger partial charge in [-0.25, -0.2) is 4.98 Å². The summed E-state index contributed by atoms with van der Waals surface area (Å²) in [6, 6.07) is 15.9. The molecule has 2 heterocycles. The summed E-state index contributed by atoms with van der Waals surface area (Å²) in [5, 5.41) is 13.0. The number of nitrogens with zero attached hydrogens (tertiary/aromatic N) is 2. The van der Waals surface area contributed by atoms with E-state index < -0.39 is 5.97 Å². The maximum atomic E-state index is 10.8. The molecule has 0 saturated carbocycles. The zero-order chi connectivity index (χ0) is 16.5. The van der Waals surface area contributed by atoms with E-state index >= 15 is 0 Å². The molecule has 0 aliphatic carbocycles. The van der Waals surface area contributed by atoms with Gasteiger partial charge in [0.25, 0.3) is 0 Å². The molecule has 6 heteroatoms. The number of carbonyl (C=O) groups is 1. The van der Waals surface area contributed by atoms with E-state index in [1.807, 2.05) is 28.8 Å². The Morgan fingerprint density at radius 2 is 1.88 bits per heavy atom. The Morgan fingerprint density at radius 3 is 2.56 bits per heavy atom. The number of aromatic nitrogens is 2. The second-order valence-corrected chi connectivity index (χ2v) is 6.35. The third kappa shape index (κ3) is 3.54. The Hall–Kier alpha value is -2.32. The van der Waals surface area contributed by atoms with Crippen LogP contribution in [0.2, 0.25) is 0 Å². The van der Waals surface area contributed by atoms with Gasteiger partial charge in [-0.05, 0) is 57.8 Å². The Bertz CT molecular complexity index is 1010. The van der Waals surface area contributed by atoms with E-state index in [9.17, 15) is 4.79 Å². The first kappa shape index (κ1) is 17.5. The van der Waals surface area contributed by atoms with Gasteiger partial charge in [-0.15, -0.1) is 0 Å². The molecule has 2 aromatic carbocycles. The Kier molecular flexibility index (Phi) is 5.10. The van der Waals surface area contributed by atoms with Crippen molar-refractivity contribution in [3.8, 4) is 16.8 Å². The van der Waals surface area contributed by atoms with Gasteiger partial charge in [0.2, 0.25) is 0 Å². The van der Waals surface area contributed by atoms with Crippen molar-refractivity contribution in [1.29, 1.82) is 0 Å². The summed E-state index contributed by atoms with van der Waals surface area (Å²) in [4.78, 5) is 15.3. The first-order chi connectivity index (χ1) is 11.7. The van der Waals surface area contributed by atoms with Gasteiger partial charge in [-0.1, -0.05) is 18.2 Å². The molecular weight excluding hydrogens is 327 g/mol. The van der Waals surface area contributed by atoms with E-state index in [0.717, 1.165) is 27.8 Å². The average molecular weight is 342 g/mol. The molecule has 0 atom stereocenters. The number of imidazole rings is 1. The molecular formula is C19H15LiN2O2S. The fourth-order valence-corrected chi connectivity index (χ4v) is 3.44. The Morgan fingerprint density at radius 1 is 1.08 bits per heavy atom. The van der Waals surface area contributed by atoms with Crippen LogP contribution in [0.4, 0.5) is 0 Å². The second-order valence-electron chi connectivity index (χ2n) is 5.57. The molecule has 0 saturated heterocycles. The number of hydrogen-bond donors (Lipinski definition) is 1. The summed E-state index contributed by atoms with van der Waals surface area (Å²) in [5.74, 6) is -0.822. The summed E-state index contributed by atoms with van der Waals surface area (Å²) in [6.07, 6.45) is 1.84. The van der Waals surface area contributed by atoms with E-state index in [1.54, 1.807) is 17.7 Å². The van der Waals surface area contributed by atoms with E-state index in [4.69, 9.17) is 5.11 Å². The number of thiophene rings is 1. The number of carboxylic acid groups (broad SMARTS) is 1. The fourth-order valence-electron chi connectivity index (χ4n) is 2.78. The molecule has 0 aliphatic heterocycles. The number of benzene rings is 2. The van der Waals surface area contributed by atoms with Crippen molar-refractivity contribution in [3.05, 3.63) is 71.2 Å². The van der Waals surface area contributed by atoms with E-state index in [1.165, 1.54) is 5.56 Å². The van der Waals surface area contributed by atoms with Crippen LogP contribution < -0.4 is 0 Å². The van der Waals surface area contributed by atoms with Crippen LogP contribution >= 0.6 is 11.3 Å². The standard InChI is InChI=1S/C19H14N2O2S.Li.H/c22-19(23)9-13-1-4-16(5-2-13)21-12-20-17-10-14(3-6-18(17)21)15-7-8-24-11-15;;/h1-8,10-12H,9H2,(H,22,23);;. The van der Waals surface area contributed by atoms with Crippen LogP contribution in [0.3, 0.4) is 0 Å². The van der Waals surface area contributed by atoms with Crippen molar-refractivity contribution in [2.75, 3.05) is 0 Å². The molecule has 2 aromatic heterocycles. The normalized spacial score (nSPS) is 10.6. The van der Waals surface area contributed by atoms with Crippen molar-refractivity contribution < 1.29 is 9.90 Å². The molecule has 0 amide bonds. The molecule has 0 spiro atoms. The quantitative estimate of drug-likeness (QED) is 0.575. The van der Waals surface area contributed by atoms with Crippen molar-refractivity contribution in [1.82, 2.24) is 9.55 Å².